The molecule has 1 saturated carbocycles. The number of amides is 4. The van der Waals surface area contributed by atoms with Crippen LogP contribution in [0.5, 0.6) is 0 Å². The molecule has 4 amide bonds. The number of likely N-dealkylation sites (tertiary alicyclic amines) is 2. The van der Waals surface area contributed by atoms with Gasteiger partial charge in [0.2, 0.25) is 11.8 Å². The van der Waals surface area contributed by atoms with Crippen LogP contribution < -0.4 is 10.6 Å². The van der Waals surface area contributed by atoms with Crippen LogP contribution in [0, 0.1) is 17.3 Å². The Morgan fingerprint density at radius 1 is 0.721 bits per heavy atom. The molecule has 2 saturated heterocycles. The van der Waals surface area contributed by atoms with Gasteiger partial charge in [-0.3, -0.25) is 9.59 Å². The average molecular weight is 829 g/mol. The van der Waals surface area contributed by atoms with E-state index in [1.54, 1.807) is 0 Å². The van der Waals surface area contributed by atoms with E-state index in [1.807, 2.05) is 22.2 Å². The number of nitrogens with zero attached hydrogens (tertiary/aromatic N) is 4. The lowest BCUT2D eigenvalue weighted by Gasteiger charge is -2.47. The molecule has 61 heavy (non-hydrogen) atoms. The highest BCUT2D eigenvalue weighted by Crippen LogP contribution is 2.45. The first kappa shape index (κ1) is 41.5. The number of aromatic amines is 2. The average Bonchev–Trinajstić information content (AvgIpc) is 3.97. The van der Waals surface area contributed by atoms with Crippen LogP contribution >= 0.6 is 0 Å². The van der Waals surface area contributed by atoms with Crippen molar-refractivity contribution in [3.05, 3.63) is 84.7 Å². The van der Waals surface area contributed by atoms with Crippen LogP contribution in [-0.4, -0.2) is 93.6 Å². The molecule has 4 N–H and O–H groups in total. The molecule has 4 heterocycles. The highest BCUT2D eigenvalue weighted by Gasteiger charge is 2.48. The molecule has 5 unspecified atom stereocenters. The molecule has 0 bridgehead atoms. The van der Waals surface area contributed by atoms with Crippen molar-refractivity contribution in [3.63, 3.8) is 0 Å². The smallest absolute Gasteiger partial charge is 0.407 e. The van der Waals surface area contributed by atoms with E-state index in [0.29, 0.717) is 24.9 Å². The van der Waals surface area contributed by atoms with E-state index in [1.165, 1.54) is 14.2 Å². The second-order valence-electron chi connectivity index (χ2n) is 17.6. The molecule has 2 aliphatic heterocycles. The minimum atomic E-state index is -0.655. The van der Waals surface area contributed by atoms with Crippen molar-refractivity contribution in [1.82, 2.24) is 40.4 Å². The molecular formula is C47H56N8O6. The Bertz CT molecular complexity index is 2400. The molecule has 8 rings (SSSR count). The second-order valence-corrected chi connectivity index (χ2v) is 17.6. The first-order valence-electron chi connectivity index (χ1n) is 21.4. The topological polar surface area (TPSA) is 175 Å². The number of hydrogen-bond donors (Lipinski definition) is 4. The largest absolute Gasteiger partial charge is 0.453 e. The number of imidazole rings is 2. The summed E-state index contributed by atoms with van der Waals surface area (Å²) in [6.45, 7) is 7.43. The zero-order valence-electron chi connectivity index (χ0n) is 35.6. The van der Waals surface area contributed by atoms with Gasteiger partial charge >= 0.3 is 12.2 Å². The van der Waals surface area contributed by atoms with Gasteiger partial charge < -0.3 is 39.9 Å². The summed E-state index contributed by atoms with van der Waals surface area (Å²) in [6, 6.07) is 20.1. The third kappa shape index (κ3) is 8.71. The first-order valence-corrected chi connectivity index (χ1v) is 21.4. The van der Waals surface area contributed by atoms with E-state index in [-0.39, 0.29) is 35.9 Å². The minimum Gasteiger partial charge on any atom is -0.453 e. The van der Waals surface area contributed by atoms with E-state index in [2.05, 4.69) is 107 Å². The van der Waals surface area contributed by atoms with Crippen LogP contribution in [0.3, 0.4) is 0 Å². The van der Waals surface area contributed by atoms with E-state index in [4.69, 9.17) is 14.7 Å². The van der Waals surface area contributed by atoms with Crippen molar-refractivity contribution >= 4 is 34.8 Å². The third-order valence-electron chi connectivity index (χ3n) is 13.2. The fourth-order valence-corrected chi connectivity index (χ4v) is 9.35. The van der Waals surface area contributed by atoms with Gasteiger partial charge in [-0.1, -0.05) is 75.7 Å². The van der Waals surface area contributed by atoms with Gasteiger partial charge in [0.15, 0.2) is 0 Å². The quantitative estimate of drug-likeness (QED) is 0.109. The summed E-state index contributed by atoms with van der Waals surface area (Å²) in [7, 11) is 2.61. The van der Waals surface area contributed by atoms with Gasteiger partial charge in [-0.25, -0.2) is 19.6 Å². The van der Waals surface area contributed by atoms with Gasteiger partial charge in [-0.15, -0.1) is 0 Å². The van der Waals surface area contributed by atoms with Gasteiger partial charge in [0.1, 0.15) is 24.2 Å². The molecule has 14 heteroatoms. The van der Waals surface area contributed by atoms with E-state index in [9.17, 15) is 19.2 Å². The van der Waals surface area contributed by atoms with Crippen LogP contribution in [0.1, 0.15) is 89.4 Å². The number of nitrogens with one attached hydrogen (secondary N) is 4. The zero-order valence-corrected chi connectivity index (χ0v) is 35.6. The maximum absolute atomic E-state index is 14.2. The predicted octanol–water partition coefficient (Wildman–Crippen LogP) is 8.16. The van der Waals surface area contributed by atoms with Crippen LogP contribution in [0.2, 0.25) is 0 Å². The molecule has 5 atom stereocenters. The fourth-order valence-electron chi connectivity index (χ4n) is 9.35. The zero-order chi connectivity index (χ0) is 42.8. The van der Waals surface area contributed by atoms with Crippen molar-refractivity contribution < 1.29 is 28.7 Å². The predicted molar refractivity (Wildman–Crippen MR) is 232 cm³/mol. The first-order chi connectivity index (χ1) is 29.4. The number of alkyl carbamates (subject to hydrolysis) is 2. The number of carbonyl (C=O) groups is 4. The number of carbonyl (C=O) groups excluding carboxylic acids is 4. The van der Waals surface area contributed by atoms with Crippen LogP contribution in [0.15, 0.2) is 73.1 Å². The Hall–Kier alpha value is -6.18. The van der Waals surface area contributed by atoms with E-state index in [0.717, 1.165) is 101 Å². The Balaban J connectivity index is 0.954. The molecular weight excluding hydrogens is 773 g/mol. The number of fused-ring (bicyclic) bond motifs is 1. The highest BCUT2D eigenvalue weighted by atomic mass is 16.5. The number of H-pyrrole nitrogens is 2. The van der Waals surface area contributed by atoms with Gasteiger partial charge in [0, 0.05) is 18.7 Å². The Morgan fingerprint density at radius 3 is 1.84 bits per heavy atom. The fraction of sp³-hybridized carbons (Fsp3) is 0.447. The van der Waals surface area contributed by atoms with Crippen molar-refractivity contribution in [2.75, 3.05) is 33.9 Å². The molecule has 3 aliphatic rings. The molecule has 3 fully saturated rings. The standard InChI is InChI=1S/C47H56N8O6/c1-28-7-17-38(54(26-28)40(56)25-50-45(58)60-4)42-49-24-37(52-42)35-16-15-33-21-32(13-14-34(33)22-35)30-9-11-31(12-10-30)36-23-48-43(51-36)39-18-8-29(2)27-55(39)44(57)41(53-46(59)61-5)47(3)19-6-20-47/h9-16,21-24,28-29,38-39,41H,6-8,17-20,25-27H2,1-5H3,(H,48,51)(H,49,52)(H,50,58)(H,53,59). The summed E-state index contributed by atoms with van der Waals surface area (Å²) < 4.78 is 9.56. The highest BCUT2D eigenvalue weighted by molar-refractivity contribution is 5.91. The second kappa shape index (κ2) is 17.4. The lowest BCUT2D eigenvalue weighted by molar-refractivity contribution is -0.143. The molecule has 1 aliphatic carbocycles. The third-order valence-corrected chi connectivity index (χ3v) is 13.2. The molecule has 5 aromatic rings. The number of rotatable bonds is 10. The molecule has 2 aromatic heterocycles. The number of benzene rings is 3. The molecule has 320 valence electrons. The van der Waals surface area contributed by atoms with Gasteiger partial charge in [0.05, 0.1) is 50.1 Å². The summed E-state index contributed by atoms with van der Waals surface area (Å²) in [5.41, 5.74) is 5.62. The normalized spacial score (nSPS) is 21.6. The van der Waals surface area contributed by atoms with E-state index >= 15 is 0 Å². The Morgan fingerprint density at radius 2 is 1.25 bits per heavy atom. The summed E-state index contributed by atoms with van der Waals surface area (Å²) in [6.07, 6.45) is 8.75. The molecule has 14 nitrogen and oxygen atoms in total. The number of piperidine rings is 2. The van der Waals surface area contributed by atoms with Crippen molar-refractivity contribution in [2.24, 2.45) is 17.3 Å². The summed E-state index contributed by atoms with van der Waals surface area (Å²) in [5, 5.41) is 7.59. The Labute approximate surface area is 356 Å². The molecule has 0 radical (unpaired) electrons. The Kier molecular flexibility index (Phi) is 11.9. The van der Waals surface area contributed by atoms with Crippen LogP contribution in [-0.2, 0) is 19.1 Å². The maximum atomic E-state index is 14.2. The lowest BCUT2D eigenvalue weighted by Crippen LogP contribution is -2.60. The lowest BCUT2D eigenvalue weighted by atomic mass is 9.65. The van der Waals surface area contributed by atoms with Gasteiger partial charge in [0.25, 0.3) is 0 Å². The molecule has 3 aromatic carbocycles. The van der Waals surface area contributed by atoms with Crippen molar-refractivity contribution in [2.45, 2.75) is 83.8 Å². The SMILES string of the molecule is COC(=O)NCC(=O)N1CC(C)CCC1c1ncc(-c2ccc3cc(-c4ccc(-c5cnc(C6CCC(C)CN6C(=O)C(NC(=O)OC)C6(C)CCC6)[nH]5)cc4)ccc3c2)[nH]1. The number of hydrogen-bond acceptors (Lipinski definition) is 8. The number of methoxy groups -OCH3 is 2. The number of ether oxygens (including phenoxy) is 2. The number of aromatic nitrogens is 4. The molecule has 0 spiro atoms. The monoisotopic (exact) mass is 828 g/mol. The van der Waals surface area contributed by atoms with Crippen LogP contribution in [0.4, 0.5) is 9.59 Å². The maximum Gasteiger partial charge on any atom is 0.407 e. The van der Waals surface area contributed by atoms with Crippen LogP contribution in [0.25, 0.3) is 44.4 Å². The summed E-state index contributed by atoms with van der Waals surface area (Å²) >= 11 is 0. The van der Waals surface area contributed by atoms with E-state index < -0.39 is 18.2 Å². The van der Waals surface area contributed by atoms with Crippen molar-refractivity contribution in [1.29, 1.82) is 0 Å². The van der Waals surface area contributed by atoms with Gasteiger partial charge in [-0.2, -0.15) is 0 Å². The van der Waals surface area contributed by atoms with Crippen molar-refractivity contribution in [3.8, 4) is 33.6 Å². The summed E-state index contributed by atoms with van der Waals surface area (Å²) in [5.74, 6) is 1.92. The van der Waals surface area contributed by atoms with Gasteiger partial charge in [-0.05, 0) is 95.4 Å². The minimum absolute atomic E-state index is 0.0763. The summed E-state index contributed by atoms with van der Waals surface area (Å²) in [4.78, 5) is 71.6.